The summed E-state index contributed by atoms with van der Waals surface area (Å²) in [4.78, 5) is 12.3. The number of ether oxygens (including phenoxy) is 1. The zero-order valence-electron chi connectivity index (χ0n) is 14.1. The van der Waals surface area contributed by atoms with Crippen molar-refractivity contribution in [2.24, 2.45) is 0 Å². The quantitative estimate of drug-likeness (QED) is 0.754. The van der Waals surface area contributed by atoms with Gasteiger partial charge in [0.05, 0.1) is 6.26 Å². The number of carbonyl (C=O) groups is 1. The second kappa shape index (κ2) is 8.42. The summed E-state index contributed by atoms with van der Waals surface area (Å²) in [5.41, 5.74) is 2.27. The van der Waals surface area contributed by atoms with Gasteiger partial charge in [0, 0.05) is 13.0 Å². The van der Waals surface area contributed by atoms with Crippen LogP contribution in [0.1, 0.15) is 36.7 Å². The SMILES string of the molecule is CCC(Oc1cc(C)cc(C)c1)C(=O)NCCCc1ccco1. The van der Waals surface area contributed by atoms with Crippen molar-refractivity contribution in [1.82, 2.24) is 5.32 Å². The van der Waals surface area contributed by atoms with E-state index in [0.717, 1.165) is 35.5 Å². The number of hydrogen-bond donors (Lipinski definition) is 1. The van der Waals surface area contributed by atoms with Crippen molar-refractivity contribution in [2.45, 2.75) is 46.1 Å². The summed E-state index contributed by atoms with van der Waals surface area (Å²) >= 11 is 0. The zero-order valence-corrected chi connectivity index (χ0v) is 14.1. The second-order valence-corrected chi connectivity index (χ2v) is 5.81. The molecule has 1 N–H and O–H groups in total. The summed E-state index contributed by atoms with van der Waals surface area (Å²) in [6.07, 6.45) is 3.51. The first-order valence-corrected chi connectivity index (χ1v) is 8.13. The number of amides is 1. The smallest absolute Gasteiger partial charge is 0.261 e. The minimum Gasteiger partial charge on any atom is -0.481 e. The third-order valence-corrected chi connectivity index (χ3v) is 3.62. The zero-order chi connectivity index (χ0) is 16.7. The van der Waals surface area contributed by atoms with Gasteiger partial charge in [-0.1, -0.05) is 13.0 Å². The van der Waals surface area contributed by atoms with Crippen molar-refractivity contribution in [3.8, 4) is 5.75 Å². The molecule has 2 rings (SSSR count). The molecule has 0 aliphatic rings. The largest absolute Gasteiger partial charge is 0.481 e. The molecular formula is C19H25NO3. The van der Waals surface area contributed by atoms with Crippen molar-refractivity contribution in [1.29, 1.82) is 0 Å². The molecule has 1 atom stereocenters. The molecule has 23 heavy (non-hydrogen) atoms. The van der Waals surface area contributed by atoms with E-state index in [0.29, 0.717) is 13.0 Å². The average Bonchev–Trinajstić information content (AvgIpc) is 3.01. The van der Waals surface area contributed by atoms with Crippen LogP contribution in [0.25, 0.3) is 0 Å². The molecular weight excluding hydrogens is 290 g/mol. The Bertz CT molecular complexity index is 599. The maximum Gasteiger partial charge on any atom is 0.261 e. The monoisotopic (exact) mass is 315 g/mol. The highest BCUT2D eigenvalue weighted by molar-refractivity contribution is 5.81. The first-order valence-electron chi connectivity index (χ1n) is 8.13. The Morgan fingerprint density at radius 3 is 2.61 bits per heavy atom. The first kappa shape index (κ1) is 17.1. The van der Waals surface area contributed by atoms with Gasteiger partial charge >= 0.3 is 0 Å². The van der Waals surface area contributed by atoms with E-state index >= 15 is 0 Å². The van der Waals surface area contributed by atoms with Crippen molar-refractivity contribution in [3.63, 3.8) is 0 Å². The molecule has 4 heteroatoms. The fraction of sp³-hybridized carbons (Fsp3) is 0.421. The van der Waals surface area contributed by atoms with Gasteiger partial charge < -0.3 is 14.5 Å². The maximum atomic E-state index is 12.3. The molecule has 0 aliphatic heterocycles. The molecule has 0 saturated heterocycles. The number of carbonyl (C=O) groups excluding carboxylic acids is 1. The summed E-state index contributed by atoms with van der Waals surface area (Å²) in [7, 11) is 0. The van der Waals surface area contributed by atoms with Gasteiger partial charge in [0.1, 0.15) is 11.5 Å². The number of hydrogen-bond acceptors (Lipinski definition) is 3. The predicted molar refractivity (Wildman–Crippen MR) is 90.7 cm³/mol. The van der Waals surface area contributed by atoms with Crippen LogP contribution in [0.15, 0.2) is 41.0 Å². The van der Waals surface area contributed by atoms with Crippen LogP contribution in [0.2, 0.25) is 0 Å². The third-order valence-electron chi connectivity index (χ3n) is 3.62. The molecule has 1 heterocycles. The van der Waals surface area contributed by atoms with Gasteiger partial charge in [0.15, 0.2) is 6.10 Å². The van der Waals surface area contributed by atoms with Crippen molar-refractivity contribution in [3.05, 3.63) is 53.5 Å². The highest BCUT2D eigenvalue weighted by Crippen LogP contribution is 2.18. The summed E-state index contributed by atoms with van der Waals surface area (Å²) in [5, 5.41) is 2.94. The van der Waals surface area contributed by atoms with Gasteiger partial charge in [-0.05, 0) is 62.1 Å². The van der Waals surface area contributed by atoms with Gasteiger partial charge in [-0.3, -0.25) is 4.79 Å². The van der Waals surface area contributed by atoms with Gasteiger partial charge in [0.25, 0.3) is 5.91 Å². The van der Waals surface area contributed by atoms with Crippen molar-refractivity contribution >= 4 is 5.91 Å². The standard InChI is InChI=1S/C19H25NO3/c1-4-18(23-17-12-14(2)11-15(3)13-17)19(21)20-9-5-7-16-8-6-10-22-16/h6,8,10-13,18H,4-5,7,9H2,1-3H3,(H,20,21). The highest BCUT2D eigenvalue weighted by atomic mass is 16.5. The van der Waals surface area contributed by atoms with Crippen LogP contribution in [0.5, 0.6) is 5.75 Å². The molecule has 0 fully saturated rings. The van der Waals surface area contributed by atoms with E-state index in [-0.39, 0.29) is 5.91 Å². The first-order chi connectivity index (χ1) is 11.1. The van der Waals surface area contributed by atoms with Gasteiger partial charge in [0.2, 0.25) is 0 Å². The molecule has 4 nitrogen and oxygen atoms in total. The second-order valence-electron chi connectivity index (χ2n) is 5.81. The molecule has 2 aromatic rings. The Morgan fingerprint density at radius 1 is 1.26 bits per heavy atom. The molecule has 0 radical (unpaired) electrons. The number of nitrogens with one attached hydrogen (secondary N) is 1. The molecule has 0 saturated carbocycles. The normalized spacial score (nSPS) is 12.0. The summed E-state index contributed by atoms with van der Waals surface area (Å²) < 4.78 is 11.1. The van der Waals surface area contributed by atoms with Crippen LogP contribution in [-0.2, 0) is 11.2 Å². The van der Waals surface area contributed by atoms with E-state index in [1.807, 2.05) is 45.0 Å². The minimum atomic E-state index is -0.459. The summed E-state index contributed by atoms with van der Waals surface area (Å²) in [6.45, 7) is 6.62. The predicted octanol–water partition coefficient (Wildman–Crippen LogP) is 3.80. The van der Waals surface area contributed by atoms with E-state index in [9.17, 15) is 4.79 Å². The Morgan fingerprint density at radius 2 is 2.00 bits per heavy atom. The molecule has 1 amide bonds. The van der Waals surface area contributed by atoms with Gasteiger partial charge in [-0.15, -0.1) is 0 Å². The fourth-order valence-corrected chi connectivity index (χ4v) is 2.53. The lowest BCUT2D eigenvalue weighted by atomic mass is 10.1. The Balaban J connectivity index is 1.80. The van der Waals surface area contributed by atoms with Crippen LogP contribution in [-0.4, -0.2) is 18.6 Å². The Kier molecular flexibility index (Phi) is 6.27. The number of benzene rings is 1. The van der Waals surface area contributed by atoms with E-state index in [2.05, 4.69) is 11.4 Å². The van der Waals surface area contributed by atoms with Crippen molar-refractivity contribution in [2.75, 3.05) is 6.54 Å². The van der Waals surface area contributed by atoms with Gasteiger partial charge in [-0.2, -0.15) is 0 Å². The van der Waals surface area contributed by atoms with E-state index in [1.165, 1.54) is 0 Å². The van der Waals surface area contributed by atoms with E-state index in [1.54, 1.807) is 6.26 Å². The molecule has 1 aromatic heterocycles. The van der Waals surface area contributed by atoms with E-state index < -0.39 is 6.10 Å². The number of rotatable bonds is 8. The molecule has 1 unspecified atom stereocenters. The molecule has 0 bridgehead atoms. The third kappa shape index (κ3) is 5.47. The molecule has 0 spiro atoms. The number of aryl methyl sites for hydroxylation is 3. The Labute approximate surface area is 137 Å². The van der Waals surface area contributed by atoms with Crippen molar-refractivity contribution < 1.29 is 13.9 Å². The highest BCUT2D eigenvalue weighted by Gasteiger charge is 2.18. The lowest BCUT2D eigenvalue weighted by Crippen LogP contribution is -2.38. The average molecular weight is 315 g/mol. The van der Waals surface area contributed by atoms with Gasteiger partial charge in [-0.25, -0.2) is 0 Å². The van der Waals surface area contributed by atoms with Crippen LogP contribution in [0, 0.1) is 13.8 Å². The lowest BCUT2D eigenvalue weighted by molar-refractivity contribution is -0.128. The molecule has 124 valence electrons. The van der Waals surface area contributed by atoms with Crippen LogP contribution < -0.4 is 10.1 Å². The van der Waals surface area contributed by atoms with Crippen LogP contribution in [0.3, 0.4) is 0 Å². The van der Waals surface area contributed by atoms with Crippen LogP contribution >= 0.6 is 0 Å². The van der Waals surface area contributed by atoms with E-state index in [4.69, 9.17) is 9.15 Å². The maximum absolute atomic E-state index is 12.3. The Hall–Kier alpha value is -2.23. The minimum absolute atomic E-state index is 0.0638. The fourth-order valence-electron chi connectivity index (χ4n) is 2.53. The lowest BCUT2D eigenvalue weighted by Gasteiger charge is -2.18. The summed E-state index contributed by atoms with van der Waals surface area (Å²) in [5.74, 6) is 1.63. The molecule has 0 aliphatic carbocycles. The topological polar surface area (TPSA) is 51.5 Å². The summed E-state index contributed by atoms with van der Waals surface area (Å²) in [6, 6.07) is 9.82. The molecule has 1 aromatic carbocycles. The van der Waals surface area contributed by atoms with Crippen LogP contribution in [0.4, 0.5) is 0 Å². The number of furan rings is 1.